The molecule has 11 heteroatoms. The van der Waals surface area contributed by atoms with Gasteiger partial charge >= 0.3 is 0 Å². The van der Waals surface area contributed by atoms with Gasteiger partial charge in [-0.05, 0) is 37.3 Å². The molecule has 1 saturated carbocycles. The zero-order valence-corrected chi connectivity index (χ0v) is 22.7. The maximum Gasteiger partial charge on any atom is 0.149 e. The molecule has 2 heterocycles. The second-order valence-corrected chi connectivity index (χ2v) is 12.4. The van der Waals surface area contributed by atoms with Gasteiger partial charge < -0.3 is 19.5 Å². The van der Waals surface area contributed by atoms with E-state index in [2.05, 4.69) is 28.2 Å². The van der Waals surface area contributed by atoms with Crippen molar-refractivity contribution in [2.24, 2.45) is 15.9 Å². The summed E-state index contributed by atoms with van der Waals surface area (Å²) in [7, 11) is -1.39. The maximum atomic E-state index is 11.5. The van der Waals surface area contributed by atoms with Crippen LogP contribution in [0.1, 0.15) is 31.2 Å². The Hall–Kier alpha value is -3.18. The molecule has 4 aliphatic rings. The fourth-order valence-corrected chi connectivity index (χ4v) is 5.29. The van der Waals surface area contributed by atoms with Crippen molar-refractivity contribution in [2.45, 2.75) is 44.3 Å². The summed E-state index contributed by atoms with van der Waals surface area (Å²) in [4.78, 5) is 12.1. The third-order valence-electron chi connectivity index (χ3n) is 7.01. The molecule has 38 heavy (non-hydrogen) atoms. The van der Waals surface area contributed by atoms with E-state index in [-0.39, 0.29) is 31.1 Å². The maximum absolute atomic E-state index is 11.5. The van der Waals surface area contributed by atoms with Crippen molar-refractivity contribution in [3.05, 3.63) is 65.2 Å². The number of aliphatic hydroxyl groups excluding tert-OH is 1. The fraction of sp³-hybridized carbons (Fsp3) is 0.519. The third-order valence-corrected chi connectivity index (χ3v) is 7.93. The van der Waals surface area contributed by atoms with E-state index >= 15 is 0 Å². The SMILES string of the molecule is COC1=CC(OCCO)=CC(N(CC2CC2)C2=CCC3N=CC(c4cnn(CCS(C)(=O)=O)c4)=NC3=C2)C1. The first-order valence-electron chi connectivity index (χ1n) is 13.0. The van der Waals surface area contributed by atoms with Gasteiger partial charge in [0.15, 0.2) is 0 Å². The Bertz CT molecular complexity index is 1330. The number of sulfone groups is 1. The van der Waals surface area contributed by atoms with Crippen LogP contribution in [-0.2, 0) is 25.9 Å². The van der Waals surface area contributed by atoms with Crippen LogP contribution in [0.25, 0.3) is 0 Å². The van der Waals surface area contributed by atoms with Crippen LogP contribution in [0.15, 0.2) is 69.6 Å². The molecule has 5 rings (SSSR count). The first-order chi connectivity index (χ1) is 18.3. The van der Waals surface area contributed by atoms with Gasteiger partial charge in [0, 0.05) is 49.0 Å². The van der Waals surface area contributed by atoms with Gasteiger partial charge in [-0.2, -0.15) is 5.10 Å². The highest BCUT2D eigenvalue weighted by atomic mass is 32.2. The monoisotopic (exact) mass is 541 g/mol. The minimum absolute atomic E-state index is 0.0228. The first-order valence-corrected chi connectivity index (χ1v) is 15.1. The molecule has 204 valence electrons. The van der Waals surface area contributed by atoms with Gasteiger partial charge in [-0.1, -0.05) is 6.08 Å². The molecular weight excluding hydrogens is 506 g/mol. The number of rotatable bonds is 12. The van der Waals surface area contributed by atoms with E-state index in [1.54, 1.807) is 24.2 Å². The van der Waals surface area contributed by atoms with Crippen molar-refractivity contribution in [1.29, 1.82) is 0 Å². The van der Waals surface area contributed by atoms with Crippen LogP contribution < -0.4 is 0 Å². The molecule has 1 N–H and O–H groups in total. The second kappa shape index (κ2) is 11.3. The molecule has 1 aromatic rings. The van der Waals surface area contributed by atoms with Gasteiger partial charge in [-0.25, -0.2) is 13.4 Å². The standard InChI is InChI=1S/C27H35N5O5S/c1-36-23-11-22(12-24(14-23)37-9-8-33)32(17-19-3-4-19)21-5-6-25-26(13-21)30-27(16-28-25)20-15-29-31(18-20)7-10-38(2,34)35/h5,12-16,18-19,22,25,33H,3-4,6-11,17H2,1-2H3. The summed E-state index contributed by atoms with van der Waals surface area (Å²) in [5.41, 5.74) is 3.55. The lowest BCUT2D eigenvalue weighted by molar-refractivity contribution is 0.142. The van der Waals surface area contributed by atoms with Crippen molar-refractivity contribution in [1.82, 2.24) is 14.7 Å². The molecule has 0 spiro atoms. The minimum Gasteiger partial charge on any atom is -0.501 e. The van der Waals surface area contributed by atoms with Crippen LogP contribution >= 0.6 is 0 Å². The molecule has 1 aliphatic heterocycles. The summed E-state index contributed by atoms with van der Waals surface area (Å²) in [5, 5.41) is 13.5. The van der Waals surface area contributed by atoms with Crippen LogP contribution in [0.2, 0.25) is 0 Å². The topological polar surface area (TPSA) is 119 Å². The molecule has 10 nitrogen and oxygen atoms in total. The summed E-state index contributed by atoms with van der Waals surface area (Å²) in [6.07, 6.45) is 18.9. The number of aliphatic hydroxyl groups is 1. The van der Waals surface area contributed by atoms with Crippen LogP contribution in [0.5, 0.6) is 0 Å². The average Bonchev–Trinajstić information content (AvgIpc) is 3.61. The number of aryl methyl sites for hydroxylation is 1. The molecule has 3 aliphatic carbocycles. The Morgan fingerprint density at radius 2 is 2.11 bits per heavy atom. The minimum atomic E-state index is -3.07. The van der Waals surface area contributed by atoms with Crippen LogP contribution in [0, 0.1) is 5.92 Å². The first kappa shape index (κ1) is 26.4. The lowest BCUT2D eigenvalue weighted by Crippen LogP contribution is -2.37. The number of aromatic nitrogens is 2. The number of allylic oxidation sites excluding steroid dienone is 2. The van der Waals surface area contributed by atoms with Crippen molar-refractivity contribution >= 4 is 21.8 Å². The molecule has 2 atom stereocenters. The van der Waals surface area contributed by atoms with Crippen LogP contribution in [-0.4, -0.2) is 91.1 Å². The van der Waals surface area contributed by atoms with Gasteiger partial charge in [-0.3, -0.25) is 9.67 Å². The predicted molar refractivity (Wildman–Crippen MR) is 146 cm³/mol. The van der Waals surface area contributed by atoms with Crippen molar-refractivity contribution in [3.63, 3.8) is 0 Å². The summed E-state index contributed by atoms with van der Waals surface area (Å²) in [6, 6.07) is 0.0397. The van der Waals surface area contributed by atoms with Gasteiger partial charge in [-0.15, -0.1) is 0 Å². The Morgan fingerprint density at radius 3 is 2.84 bits per heavy atom. The van der Waals surface area contributed by atoms with E-state index in [0.717, 1.165) is 47.8 Å². The van der Waals surface area contributed by atoms with Gasteiger partial charge in [0.05, 0.1) is 55.7 Å². The molecule has 1 aromatic heterocycles. The van der Waals surface area contributed by atoms with Crippen LogP contribution in [0.3, 0.4) is 0 Å². The Kier molecular flexibility index (Phi) is 7.85. The van der Waals surface area contributed by atoms with Gasteiger partial charge in [0.2, 0.25) is 0 Å². The number of ether oxygens (including phenoxy) is 2. The molecule has 2 unspecified atom stereocenters. The predicted octanol–water partition coefficient (Wildman–Crippen LogP) is 2.25. The summed E-state index contributed by atoms with van der Waals surface area (Å²) in [5.74, 6) is 2.27. The molecule has 1 fully saturated rings. The second-order valence-electron chi connectivity index (χ2n) is 10.2. The fourth-order valence-electron chi connectivity index (χ4n) is 4.78. The quantitative estimate of drug-likeness (QED) is 0.431. The molecule has 0 saturated heterocycles. The number of hydrogen-bond acceptors (Lipinski definition) is 9. The number of nitrogens with zero attached hydrogens (tertiary/aromatic N) is 5. The number of methoxy groups -OCH3 is 1. The third kappa shape index (κ3) is 6.63. The Labute approximate surface area is 223 Å². The number of fused-ring (bicyclic) bond motifs is 1. The molecule has 0 aromatic carbocycles. The van der Waals surface area contributed by atoms with Gasteiger partial charge in [0.25, 0.3) is 0 Å². The van der Waals surface area contributed by atoms with Crippen molar-refractivity contribution < 1.29 is 23.0 Å². The number of aliphatic imine (C=N–C) groups is 2. The van der Waals surface area contributed by atoms with Crippen LogP contribution in [0.4, 0.5) is 0 Å². The zero-order valence-electron chi connectivity index (χ0n) is 21.9. The van der Waals surface area contributed by atoms with E-state index in [9.17, 15) is 13.5 Å². The molecular formula is C27H35N5O5S. The summed E-state index contributed by atoms with van der Waals surface area (Å²) < 4.78 is 36.0. The van der Waals surface area contributed by atoms with Gasteiger partial charge in [0.1, 0.15) is 28.0 Å². The Balaban J connectivity index is 1.37. The van der Waals surface area contributed by atoms with E-state index in [1.807, 2.05) is 12.3 Å². The lowest BCUT2D eigenvalue weighted by atomic mass is 9.97. The smallest absolute Gasteiger partial charge is 0.149 e. The molecule has 0 amide bonds. The lowest BCUT2D eigenvalue weighted by Gasteiger charge is -2.37. The highest BCUT2D eigenvalue weighted by Crippen LogP contribution is 2.36. The zero-order chi connectivity index (χ0) is 26.7. The van der Waals surface area contributed by atoms with E-state index in [4.69, 9.17) is 19.5 Å². The number of hydrogen-bond donors (Lipinski definition) is 1. The largest absolute Gasteiger partial charge is 0.501 e. The highest BCUT2D eigenvalue weighted by Gasteiger charge is 2.32. The van der Waals surface area contributed by atoms with E-state index < -0.39 is 9.84 Å². The van der Waals surface area contributed by atoms with E-state index in [0.29, 0.717) is 18.2 Å². The highest BCUT2D eigenvalue weighted by molar-refractivity contribution is 7.90. The summed E-state index contributed by atoms with van der Waals surface area (Å²) >= 11 is 0. The summed E-state index contributed by atoms with van der Waals surface area (Å²) in [6.45, 7) is 1.44. The van der Waals surface area contributed by atoms with Crippen molar-refractivity contribution in [3.8, 4) is 0 Å². The molecule has 0 bridgehead atoms. The Morgan fingerprint density at radius 1 is 1.26 bits per heavy atom. The molecule has 0 radical (unpaired) electrons. The van der Waals surface area contributed by atoms with Crippen molar-refractivity contribution in [2.75, 3.05) is 38.9 Å². The van der Waals surface area contributed by atoms with E-state index in [1.165, 1.54) is 19.1 Å². The average molecular weight is 542 g/mol. The normalized spacial score (nSPS) is 23.0.